The van der Waals surface area contributed by atoms with Gasteiger partial charge in [-0.05, 0) is 12.5 Å². The van der Waals surface area contributed by atoms with Crippen LogP contribution in [-0.4, -0.2) is 32.0 Å². The summed E-state index contributed by atoms with van der Waals surface area (Å²) in [5.41, 5.74) is 1.20. The normalized spacial score (nSPS) is 24.1. The van der Waals surface area contributed by atoms with Crippen LogP contribution in [0.2, 0.25) is 0 Å². The first-order chi connectivity index (χ1) is 8.35. The standard InChI is InChI=1S/C14H21NO2/c1-2-17-14(8-9-16-12-14)11-15-10-13-6-4-3-5-7-13/h3-7,15H,2,8-12H2,1H3. The molecule has 0 spiro atoms. The summed E-state index contributed by atoms with van der Waals surface area (Å²) in [4.78, 5) is 0. The van der Waals surface area contributed by atoms with E-state index in [0.717, 1.165) is 32.7 Å². The predicted molar refractivity (Wildman–Crippen MR) is 67.9 cm³/mol. The van der Waals surface area contributed by atoms with Crippen molar-refractivity contribution in [2.45, 2.75) is 25.5 Å². The lowest BCUT2D eigenvalue weighted by Gasteiger charge is -2.27. The van der Waals surface area contributed by atoms with Crippen molar-refractivity contribution in [3.8, 4) is 0 Å². The molecule has 1 unspecified atom stereocenters. The summed E-state index contributed by atoms with van der Waals surface area (Å²) < 4.78 is 11.3. The topological polar surface area (TPSA) is 30.5 Å². The van der Waals surface area contributed by atoms with Crippen molar-refractivity contribution in [3.63, 3.8) is 0 Å². The molecule has 17 heavy (non-hydrogen) atoms. The lowest BCUT2D eigenvalue weighted by Crippen LogP contribution is -2.43. The van der Waals surface area contributed by atoms with Gasteiger partial charge in [-0.3, -0.25) is 0 Å². The number of rotatable bonds is 6. The number of hydrogen-bond donors (Lipinski definition) is 1. The van der Waals surface area contributed by atoms with Gasteiger partial charge in [0.05, 0.1) is 6.61 Å². The largest absolute Gasteiger partial charge is 0.378 e. The van der Waals surface area contributed by atoms with Crippen molar-refractivity contribution in [3.05, 3.63) is 35.9 Å². The molecule has 1 aromatic rings. The summed E-state index contributed by atoms with van der Waals surface area (Å²) in [6, 6.07) is 10.4. The highest BCUT2D eigenvalue weighted by Gasteiger charge is 2.35. The van der Waals surface area contributed by atoms with Crippen molar-refractivity contribution in [2.75, 3.05) is 26.4 Å². The SMILES string of the molecule is CCOC1(CNCc2ccccc2)CCOC1. The summed E-state index contributed by atoms with van der Waals surface area (Å²) in [6.45, 7) is 6.05. The molecule has 3 nitrogen and oxygen atoms in total. The zero-order valence-electron chi connectivity index (χ0n) is 10.4. The van der Waals surface area contributed by atoms with E-state index in [1.807, 2.05) is 13.0 Å². The lowest BCUT2D eigenvalue weighted by atomic mass is 10.0. The number of benzene rings is 1. The molecule has 1 atom stereocenters. The Bertz CT molecular complexity index is 320. The van der Waals surface area contributed by atoms with Crippen LogP contribution in [0, 0.1) is 0 Å². The quantitative estimate of drug-likeness (QED) is 0.817. The summed E-state index contributed by atoms with van der Waals surface area (Å²) >= 11 is 0. The fourth-order valence-corrected chi connectivity index (χ4v) is 2.23. The molecule has 0 saturated carbocycles. The summed E-state index contributed by atoms with van der Waals surface area (Å²) in [5, 5.41) is 3.46. The monoisotopic (exact) mass is 235 g/mol. The summed E-state index contributed by atoms with van der Waals surface area (Å²) in [7, 11) is 0. The Kier molecular flexibility index (Phi) is 4.54. The Labute approximate surface area is 103 Å². The molecule has 0 bridgehead atoms. The van der Waals surface area contributed by atoms with Gasteiger partial charge in [-0.1, -0.05) is 30.3 Å². The van der Waals surface area contributed by atoms with Gasteiger partial charge >= 0.3 is 0 Å². The minimum atomic E-state index is -0.108. The van der Waals surface area contributed by atoms with Crippen LogP contribution in [0.4, 0.5) is 0 Å². The molecule has 1 aromatic carbocycles. The molecule has 1 N–H and O–H groups in total. The number of hydrogen-bond acceptors (Lipinski definition) is 3. The molecule has 2 rings (SSSR count). The highest BCUT2D eigenvalue weighted by Crippen LogP contribution is 2.22. The first kappa shape index (κ1) is 12.6. The van der Waals surface area contributed by atoms with Gasteiger partial charge in [-0.15, -0.1) is 0 Å². The molecule has 0 aliphatic carbocycles. The van der Waals surface area contributed by atoms with Crippen molar-refractivity contribution in [1.82, 2.24) is 5.32 Å². The first-order valence-electron chi connectivity index (χ1n) is 6.31. The van der Waals surface area contributed by atoms with Gasteiger partial charge in [0.2, 0.25) is 0 Å². The van der Waals surface area contributed by atoms with Crippen LogP contribution in [0.3, 0.4) is 0 Å². The van der Waals surface area contributed by atoms with Crippen LogP contribution in [0.5, 0.6) is 0 Å². The van der Waals surface area contributed by atoms with Crippen molar-refractivity contribution < 1.29 is 9.47 Å². The van der Waals surface area contributed by atoms with Gasteiger partial charge in [0.15, 0.2) is 0 Å². The number of ether oxygens (including phenoxy) is 2. The van der Waals surface area contributed by atoms with Crippen LogP contribution in [0.25, 0.3) is 0 Å². The minimum Gasteiger partial charge on any atom is -0.378 e. The highest BCUT2D eigenvalue weighted by molar-refractivity contribution is 5.14. The second-order valence-corrected chi connectivity index (χ2v) is 4.51. The third kappa shape index (κ3) is 3.53. The van der Waals surface area contributed by atoms with Crippen molar-refractivity contribution in [1.29, 1.82) is 0 Å². The van der Waals surface area contributed by atoms with E-state index in [1.54, 1.807) is 0 Å². The van der Waals surface area contributed by atoms with E-state index in [4.69, 9.17) is 9.47 Å². The second kappa shape index (κ2) is 6.15. The maximum atomic E-state index is 5.84. The van der Waals surface area contributed by atoms with Gasteiger partial charge in [-0.2, -0.15) is 0 Å². The van der Waals surface area contributed by atoms with E-state index in [1.165, 1.54) is 5.56 Å². The van der Waals surface area contributed by atoms with Gasteiger partial charge in [0, 0.05) is 32.7 Å². The van der Waals surface area contributed by atoms with E-state index in [2.05, 4.69) is 29.6 Å². The van der Waals surface area contributed by atoms with Crippen LogP contribution in [0.15, 0.2) is 30.3 Å². The minimum absolute atomic E-state index is 0.108. The van der Waals surface area contributed by atoms with E-state index in [9.17, 15) is 0 Å². The van der Waals surface area contributed by atoms with Crippen LogP contribution < -0.4 is 5.32 Å². The van der Waals surface area contributed by atoms with E-state index in [-0.39, 0.29) is 5.60 Å². The summed E-state index contributed by atoms with van der Waals surface area (Å²) in [6.07, 6.45) is 0.989. The van der Waals surface area contributed by atoms with E-state index < -0.39 is 0 Å². The fourth-order valence-electron chi connectivity index (χ4n) is 2.23. The van der Waals surface area contributed by atoms with Crippen molar-refractivity contribution in [2.24, 2.45) is 0 Å². The Morgan fingerprint density at radius 1 is 1.35 bits per heavy atom. The Morgan fingerprint density at radius 3 is 2.82 bits per heavy atom. The molecular weight excluding hydrogens is 214 g/mol. The smallest absolute Gasteiger partial charge is 0.106 e. The molecule has 0 radical (unpaired) electrons. The Balaban J connectivity index is 1.80. The molecule has 94 valence electrons. The third-order valence-corrected chi connectivity index (χ3v) is 3.14. The maximum absolute atomic E-state index is 5.84. The van der Waals surface area contributed by atoms with Crippen LogP contribution in [0.1, 0.15) is 18.9 Å². The van der Waals surface area contributed by atoms with Crippen LogP contribution in [-0.2, 0) is 16.0 Å². The zero-order chi connectivity index (χ0) is 12.0. The fraction of sp³-hybridized carbons (Fsp3) is 0.571. The molecule has 3 heteroatoms. The predicted octanol–water partition coefficient (Wildman–Crippen LogP) is 1.97. The maximum Gasteiger partial charge on any atom is 0.106 e. The van der Waals surface area contributed by atoms with Gasteiger partial charge in [-0.25, -0.2) is 0 Å². The molecule has 1 fully saturated rings. The second-order valence-electron chi connectivity index (χ2n) is 4.51. The average Bonchev–Trinajstić information content (AvgIpc) is 2.80. The molecule has 0 aromatic heterocycles. The Morgan fingerprint density at radius 2 is 2.18 bits per heavy atom. The van der Waals surface area contributed by atoms with Gasteiger partial charge < -0.3 is 14.8 Å². The third-order valence-electron chi connectivity index (χ3n) is 3.14. The highest BCUT2D eigenvalue weighted by atomic mass is 16.6. The molecule has 1 saturated heterocycles. The molecule has 1 heterocycles. The molecule has 1 aliphatic rings. The van der Waals surface area contributed by atoms with E-state index >= 15 is 0 Å². The van der Waals surface area contributed by atoms with Gasteiger partial charge in [0.1, 0.15) is 5.60 Å². The molecular formula is C14H21NO2. The summed E-state index contributed by atoms with van der Waals surface area (Å²) in [5.74, 6) is 0. The molecule has 1 aliphatic heterocycles. The van der Waals surface area contributed by atoms with Crippen molar-refractivity contribution >= 4 is 0 Å². The Hall–Kier alpha value is -0.900. The van der Waals surface area contributed by atoms with Gasteiger partial charge in [0.25, 0.3) is 0 Å². The first-order valence-corrected chi connectivity index (χ1v) is 6.31. The molecule has 0 amide bonds. The van der Waals surface area contributed by atoms with E-state index in [0.29, 0.717) is 6.61 Å². The van der Waals surface area contributed by atoms with Crippen LogP contribution >= 0.6 is 0 Å². The zero-order valence-corrected chi connectivity index (χ0v) is 10.4. The average molecular weight is 235 g/mol. The number of nitrogens with one attached hydrogen (secondary N) is 1. The lowest BCUT2D eigenvalue weighted by molar-refractivity contribution is -0.0421.